The minimum atomic E-state index is -0.308. The van der Waals surface area contributed by atoms with Crippen LogP contribution in [-0.4, -0.2) is 24.6 Å². The second-order valence-electron chi connectivity index (χ2n) is 6.46. The summed E-state index contributed by atoms with van der Waals surface area (Å²) in [4.78, 5) is 24.0. The highest BCUT2D eigenvalue weighted by Gasteiger charge is 2.07. The molecule has 3 aromatic carbocycles. The van der Waals surface area contributed by atoms with E-state index >= 15 is 0 Å². The second-order valence-corrected chi connectivity index (χ2v) is 6.87. The summed E-state index contributed by atoms with van der Waals surface area (Å²) < 4.78 is 5.50. The van der Waals surface area contributed by atoms with Crippen LogP contribution in [0.3, 0.4) is 0 Å². The first-order valence-electron chi connectivity index (χ1n) is 9.18. The van der Waals surface area contributed by atoms with Crippen LogP contribution in [0.2, 0.25) is 5.02 Å². The molecule has 0 atom stereocenters. The van der Waals surface area contributed by atoms with Crippen molar-refractivity contribution in [3.63, 3.8) is 0 Å². The molecule has 2 N–H and O–H groups in total. The van der Waals surface area contributed by atoms with Crippen molar-refractivity contribution in [3.8, 4) is 5.75 Å². The molecule has 0 unspecified atom stereocenters. The molecule has 2 amide bonds. The largest absolute Gasteiger partial charge is 0.482 e. The van der Waals surface area contributed by atoms with Crippen molar-refractivity contribution in [2.24, 2.45) is 5.10 Å². The summed E-state index contributed by atoms with van der Waals surface area (Å²) in [6, 6.07) is 21.3. The topological polar surface area (TPSA) is 79.8 Å². The Labute approximate surface area is 179 Å². The lowest BCUT2D eigenvalue weighted by Gasteiger charge is -2.09. The van der Waals surface area contributed by atoms with Crippen LogP contribution in [0.1, 0.15) is 21.5 Å². The molecular weight excluding hydrogens is 402 g/mol. The lowest BCUT2D eigenvalue weighted by atomic mass is 10.2. The van der Waals surface area contributed by atoms with Gasteiger partial charge < -0.3 is 10.1 Å². The molecule has 3 rings (SSSR count). The number of hydrogen-bond acceptors (Lipinski definition) is 4. The van der Waals surface area contributed by atoms with Crippen molar-refractivity contribution in [1.29, 1.82) is 0 Å². The highest BCUT2D eigenvalue weighted by molar-refractivity contribution is 6.32. The van der Waals surface area contributed by atoms with Crippen LogP contribution >= 0.6 is 11.6 Å². The molecule has 0 saturated carbocycles. The molecule has 0 bridgehead atoms. The average molecular weight is 422 g/mol. The SMILES string of the molecule is Cc1cccc(NC(=O)COc2ccc(/C=N/NC(=O)c3ccccc3)cc2Cl)c1. The van der Waals surface area contributed by atoms with Gasteiger partial charge in [-0.15, -0.1) is 0 Å². The number of benzene rings is 3. The van der Waals surface area contributed by atoms with Gasteiger partial charge in [-0.3, -0.25) is 9.59 Å². The van der Waals surface area contributed by atoms with Crippen LogP contribution in [0.15, 0.2) is 77.9 Å². The number of aryl methyl sites for hydroxylation is 1. The van der Waals surface area contributed by atoms with Crippen molar-refractivity contribution >= 4 is 35.3 Å². The highest BCUT2D eigenvalue weighted by Crippen LogP contribution is 2.25. The van der Waals surface area contributed by atoms with Crippen molar-refractivity contribution in [3.05, 3.63) is 94.5 Å². The van der Waals surface area contributed by atoms with Gasteiger partial charge in [0.15, 0.2) is 6.61 Å². The number of hydrogen-bond donors (Lipinski definition) is 2. The molecule has 152 valence electrons. The Morgan fingerprint density at radius 1 is 1.03 bits per heavy atom. The fraction of sp³-hybridized carbons (Fsp3) is 0.0870. The van der Waals surface area contributed by atoms with E-state index in [1.807, 2.05) is 37.3 Å². The van der Waals surface area contributed by atoms with E-state index in [0.29, 0.717) is 27.6 Å². The Kier molecular flexibility index (Phi) is 7.19. The zero-order chi connectivity index (χ0) is 21.3. The van der Waals surface area contributed by atoms with Crippen LogP contribution in [0, 0.1) is 6.92 Å². The van der Waals surface area contributed by atoms with Gasteiger partial charge in [-0.2, -0.15) is 5.10 Å². The van der Waals surface area contributed by atoms with E-state index in [0.717, 1.165) is 5.56 Å². The molecule has 30 heavy (non-hydrogen) atoms. The molecular formula is C23H20ClN3O3. The Balaban J connectivity index is 1.52. The lowest BCUT2D eigenvalue weighted by molar-refractivity contribution is -0.118. The molecule has 0 aliphatic carbocycles. The quantitative estimate of drug-likeness (QED) is 0.437. The van der Waals surface area contributed by atoms with Crippen molar-refractivity contribution < 1.29 is 14.3 Å². The molecule has 0 saturated heterocycles. The van der Waals surface area contributed by atoms with E-state index in [-0.39, 0.29) is 18.4 Å². The Morgan fingerprint density at radius 2 is 1.83 bits per heavy atom. The smallest absolute Gasteiger partial charge is 0.271 e. The maximum atomic E-state index is 12.1. The van der Waals surface area contributed by atoms with Gasteiger partial charge in [0.1, 0.15) is 5.75 Å². The number of hydrazone groups is 1. The van der Waals surface area contributed by atoms with Gasteiger partial charge in [0.25, 0.3) is 11.8 Å². The van der Waals surface area contributed by atoms with E-state index in [9.17, 15) is 9.59 Å². The summed E-state index contributed by atoms with van der Waals surface area (Å²) in [6.07, 6.45) is 1.47. The third kappa shape index (κ3) is 6.18. The number of ether oxygens (including phenoxy) is 1. The molecule has 0 spiro atoms. The van der Waals surface area contributed by atoms with Crippen LogP contribution in [0.25, 0.3) is 0 Å². The standard InChI is InChI=1S/C23H20ClN3O3/c1-16-6-5-9-19(12-16)26-22(28)15-30-21-11-10-17(13-20(21)24)14-25-27-23(29)18-7-3-2-4-8-18/h2-14H,15H2,1H3,(H,26,28)(H,27,29)/b25-14+. The Morgan fingerprint density at radius 3 is 2.57 bits per heavy atom. The number of halogens is 1. The minimum Gasteiger partial charge on any atom is -0.482 e. The van der Waals surface area contributed by atoms with Gasteiger partial charge >= 0.3 is 0 Å². The maximum Gasteiger partial charge on any atom is 0.271 e. The number of nitrogens with zero attached hydrogens (tertiary/aromatic N) is 1. The Bertz CT molecular complexity index is 1070. The van der Waals surface area contributed by atoms with E-state index in [4.69, 9.17) is 16.3 Å². The van der Waals surface area contributed by atoms with Crippen molar-refractivity contribution in [1.82, 2.24) is 5.43 Å². The second kappa shape index (κ2) is 10.2. The average Bonchev–Trinajstić information content (AvgIpc) is 2.73. The zero-order valence-electron chi connectivity index (χ0n) is 16.3. The summed E-state index contributed by atoms with van der Waals surface area (Å²) in [5, 5.41) is 7.03. The maximum absolute atomic E-state index is 12.1. The first-order valence-corrected chi connectivity index (χ1v) is 9.56. The fourth-order valence-electron chi connectivity index (χ4n) is 2.60. The number of anilines is 1. The van der Waals surface area contributed by atoms with Gasteiger partial charge in [-0.25, -0.2) is 5.43 Å². The molecule has 0 aromatic heterocycles. The number of nitrogens with one attached hydrogen (secondary N) is 2. The van der Waals surface area contributed by atoms with Crippen molar-refractivity contribution in [2.75, 3.05) is 11.9 Å². The third-order valence-corrected chi connectivity index (χ3v) is 4.33. The minimum absolute atomic E-state index is 0.172. The number of carbonyl (C=O) groups excluding carboxylic acids is 2. The molecule has 0 aliphatic heterocycles. The van der Waals surface area contributed by atoms with E-state index < -0.39 is 0 Å². The van der Waals surface area contributed by atoms with E-state index in [1.54, 1.807) is 42.5 Å². The lowest BCUT2D eigenvalue weighted by Crippen LogP contribution is -2.20. The molecule has 0 fully saturated rings. The van der Waals surface area contributed by atoms with Gasteiger partial charge in [-0.1, -0.05) is 41.9 Å². The van der Waals surface area contributed by atoms with E-state index in [2.05, 4.69) is 15.8 Å². The third-order valence-electron chi connectivity index (χ3n) is 4.03. The van der Waals surface area contributed by atoms with Crippen LogP contribution in [0.4, 0.5) is 5.69 Å². The molecule has 0 aliphatic rings. The zero-order valence-corrected chi connectivity index (χ0v) is 17.0. The fourth-order valence-corrected chi connectivity index (χ4v) is 2.84. The molecule has 6 nitrogen and oxygen atoms in total. The summed E-state index contributed by atoms with van der Waals surface area (Å²) in [5.74, 6) is -0.218. The first kappa shape index (κ1) is 21.1. The molecule has 0 heterocycles. The summed E-state index contributed by atoms with van der Waals surface area (Å²) in [6.45, 7) is 1.78. The van der Waals surface area contributed by atoms with Crippen molar-refractivity contribution in [2.45, 2.75) is 6.92 Å². The molecule has 3 aromatic rings. The van der Waals surface area contributed by atoms with Gasteiger partial charge in [-0.05, 0) is 60.5 Å². The Hall–Kier alpha value is -3.64. The van der Waals surface area contributed by atoms with E-state index in [1.165, 1.54) is 6.21 Å². The number of rotatable bonds is 7. The summed E-state index contributed by atoms with van der Waals surface area (Å²) >= 11 is 6.23. The summed E-state index contributed by atoms with van der Waals surface area (Å²) in [7, 11) is 0. The predicted octanol–water partition coefficient (Wildman–Crippen LogP) is 4.43. The first-order chi connectivity index (χ1) is 14.5. The van der Waals surface area contributed by atoms with Gasteiger partial charge in [0.2, 0.25) is 0 Å². The number of carbonyl (C=O) groups is 2. The molecule has 0 radical (unpaired) electrons. The van der Waals surface area contributed by atoms with Crippen LogP contribution in [0.5, 0.6) is 5.75 Å². The highest BCUT2D eigenvalue weighted by atomic mass is 35.5. The van der Waals surface area contributed by atoms with Crippen LogP contribution < -0.4 is 15.5 Å². The monoisotopic (exact) mass is 421 g/mol. The van der Waals surface area contributed by atoms with Gasteiger partial charge in [0.05, 0.1) is 11.2 Å². The number of amides is 2. The predicted molar refractivity (Wildman–Crippen MR) is 118 cm³/mol. The molecule has 7 heteroatoms. The normalized spacial score (nSPS) is 10.6. The summed E-state index contributed by atoms with van der Waals surface area (Å²) in [5.41, 5.74) is 5.39. The van der Waals surface area contributed by atoms with Gasteiger partial charge in [0, 0.05) is 11.3 Å². The van der Waals surface area contributed by atoms with Crippen LogP contribution in [-0.2, 0) is 4.79 Å².